The van der Waals surface area contributed by atoms with Crippen molar-refractivity contribution in [3.05, 3.63) is 0 Å². The summed E-state index contributed by atoms with van der Waals surface area (Å²) in [6.07, 6.45) is -4.13. The summed E-state index contributed by atoms with van der Waals surface area (Å²) in [6, 6.07) is 0. The zero-order valence-corrected chi connectivity index (χ0v) is 21.5. The van der Waals surface area contributed by atoms with Crippen LogP contribution in [-0.2, 0) is 52.4 Å². The van der Waals surface area contributed by atoms with Gasteiger partial charge >= 0.3 is 29.8 Å². The molecule has 7 atom stereocenters. The molecule has 0 aromatic carbocycles. The van der Waals surface area contributed by atoms with Crippen molar-refractivity contribution in [2.45, 2.75) is 89.4 Å². The molecule has 2 bridgehead atoms. The summed E-state index contributed by atoms with van der Waals surface area (Å²) in [6.45, 7) is 8.49. The van der Waals surface area contributed by atoms with Gasteiger partial charge < -0.3 is 28.4 Å². The summed E-state index contributed by atoms with van der Waals surface area (Å²) in [4.78, 5) is 61.1. The molecule has 11 nitrogen and oxygen atoms in total. The molecule has 0 aromatic rings. The van der Waals surface area contributed by atoms with Crippen LogP contribution in [0.2, 0.25) is 0 Å². The lowest BCUT2D eigenvalue weighted by Crippen LogP contribution is -2.62. The van der Waals surface area contributed by atoms with Gasteiger partial charge in [-0.05, 0) is 19.8 Å². The molecule has 3 rings (SSSR count). The quantitative estimate of drug-likeness (QED) is 0.271. The molecule has 34 heavy (non-hydrogen) atoms. The maximum atomic E-state index is 13.5. The minimum absolute atomic E-state index is 0.266. The van der Waals surface area contributed by atoms with Crippen molar-refractivity contribution < 1.29 is 52.4 Å². The molecule has 1 saturated carbocycles. The van der Waals surface area contributed by atoms with Gasteiger partial charge in [0.15, 0.2) is 23.3 Å². The van der Waals surface area contributed by atoms with Crippen LogP contribution < -0.4 is 0 Å². The predicted molar refractivity (Wildman–Crippen MR) is 115 cm³/mol. The molecule has 1 aliphatic carbocycles. The van der Waals surface area contributed by atoms with Crippen LogP contribution in [-0.4, -0.2) is 71.5 Å². The van der Waals surface area contributed by atoms with Crippen molar-refractivity contribution in [1.29, 1.82) is 0 Å². The fourth-order valence-corrected chi connectivity index (χ4v) is 5.59. The highest BCUT2D eigenvalue weighted by Gasteiger charge is 2.77. The largest absolute Gasteiger partial charge is 0.463 e. The van der Waals surface area contributed by atoms with Crippen LogP contribution in [0, 0.1) is 10.8 Å². The van der Waals surface area contributed by atoms with Crippen molar-refractivity contribution in [3.63, 3.8) is 0 Å². The van der Waals surface area contributed by atoms with Crippen LogP contribution in [0.15, 0.2) is 0 Å². The van der Waals surface area contributed by atoms with Gasteiger partial charge in [0, 0.05) is 26.2 Å². The molecule has 190 valence electrons. The molecule has 0 N–H and O–H groups in total. The fourth-order valence-electron chi connectivity index (χ4n) is 4.91. The third-order valence-corrected chi connectivity index (χ3v) is 8.03. The highest BCUT2D eigenvalue weighted by atomic mass is 79.9. The first-order valence-corrected chi connectivity index (χ1v) is 11.8. The first kappa shape index (κ1) is 26.4. The van der Waals surface area contributed by atoms with Crippen molar-refractivity contribution in [1.82, 2.24) is 0 Å². The number of alkyl halides is 1. The normalized spacial score (nSPS) is 38.0. The van der Waals surface area contributed by atoms with Crippen molar-refractivity contribution in [3.8, 4) is 0 Å². The average Bonchev–Trinajstić information content (AvgIpc) is 3.01. The minimum Gasteiger partial charge on any atom is -0.463 e. The molecular weight excluding hydrogens is 520 g/mol. The molecule has 0 radical (unpaired) electrons. The van der Waals surface area contributed by atoms with Gasteiger partial charge in [0.25, 0.3) is 0 Å². The third kappa shape index (κ3) is 4.19. The van der Waals surface area contributed by atoms with E-state index in [9.17, 15) is 24.0 Å². The van der Waals surface area contributed by atoms with E-state index in [1.807, 2.05) is 0 Å². The van der Waals surface area contributed by atoms with Crippen LogP contribution >= 0.6 is 15.9 Å². The Balaban J connectivity index is 1.92. The Morgan fingerprint density at radius 1 is 0.912 bits per heavy atom. The Morgan fingerprint density at radius 3 is 1.97 bits per heavy atom. The Bertz CT molecular complexity index is 901. The second-order valence-electron chi connectivity index (χ2n) is 9.52. The predicted octanol–water partition coefficient (Wildman–Crippen LogP) is 1.57. The van der Waals surface area contributed by atoms with E-state index in [1.54, 1.807) is 20.8 Å². The van der Waals surface area contributed by atoms with Gasteiger partial charge in [0.2, 0.25) is 5.60 Å². The summed E-state index contributed by atoms with van der Waals surface area (Å²) in [7, 11) is 0. The minimum atomic E-state index is -1.53. The number of esters is 5. The highest BCUT2D eigenvalue weighted by Crippen LogP contribution is 2.66. The van der Waals surface area contributed by atoms with Crippen molar-refractivity contribution in [2.24, 2.45) is 10.8 Å². The lowest BCUT2D eigenvalue weighted by molar-refractivity contribution is -0.243. The van der Waals surface area contributed by atoms with Gasteiger partial charge in [0.05, 0.1) is 5.41 Å². The number of hydrogen-bond acceptors (Lipinski definition) is 11. The molecular formula is C22H29BrO11. The summed E-state index contributed by atoms with van der Waals surface area (Å²) in [5.41, 5.74) is -3.25. The zero-order chi connectivity index (χ0) is 25.6. The molecule has 0 unspecified atom stereocenters. The van der Waals surface area contributed by atoms with Gasteiger partial charge in [0.1, 0.15) is 12.7 Å². The van der Waals surface area contributed by atoms with E-state index in [4.69, 9.17) is 28.4 Å². The number of fused-ring (bicyclic) bond motifs is 2. The first-order chi connectivity index (χ1) is 15.7. The van der Waals surface area contributed by atoms with E-state index in [-0.39, 0.29) is 13.0 Å². The number of halogens is 1. The van der Waals surface area contributed by atoms with Crippen LogP contribution in [0.4, 0.5) is 0 Å². The van der Waals surface area contributed by atoms with Gasteiger partial charge in [-0.2, -0.15) is 0 Å². The first-order valence-electron chi connectivity index (χ1n) is 10.9. The van der Waals surface area contributed by atoms with Gasteiger partial charge in [-0.1, -0.05) is 29.8 Å². The molecule has 2 saturated heterocycles. The molecule has 2 aliphatic heterocycles. The maximum absolute atomic E-state index is 13.5. The van der Waals surface area contributed by atoms with Crippen LogP contribution in [0.1, 0.15) is 54.4 Å². The number of rotatable bonds is 6. The smallest absolute Gasteiger partial charge is 0.351 e. The summed E-state index contributed by atoms with van der Waals surface area (Å²) in [5.74, 6) is -3.33. The summed E-state index contributed by atoms with van der Waals surface area (Å²) < 4.78 is 32.9. The Kier molecular flexibility index (Phi) is 7.07. The lowest BCUT2D eigenvalue weighted by Gasteiger charge is -2.44. The second-order valence-corrected chi connectivity index (χ2v) is 10.4. The van der Waals surface area contributed by atoms with E-state index in [1.165, 1.54) is 6.92 Å². The second kappa shape index (κ2) is 9.10. The molecule has 0 aromatic heterocycles. The molecule has 2 heterocycles. The van der Waals surface area contributed by atoms with Gasteiger partial charge in [-0.25, -0.2) is 4.79 Å². The van der Waals surface area contributed by atoms with E-state index < -0.39 is 75.7 Å². The standard InChI is InChI=1S/C22H29BrO11/c1-10(24)29-9-13-14(30-11(2)25)15(31-12(3)26)16(17(23)32-13)33-19(28)22-8-7-21(6,18(27)34-22)20(22,4)5/h13-17H,7-9H2,1-6H3/t13-,14-,15+,16-,17+,21+,22-/m1/s1. The van der Waals surface area contributed by atoms with E-state index in [0.717, 1.165) is 13.8 Å². The molecule has 12 heteroatoms. The molecule has 3 aliphatic rings. The molecule has 3 fully saturated rings. The summed E-state index contributed by atoms with van der Waals surface area (Å²) in [5, 5.41) is -1.03. The monoisotopic (exact) mass is 548 g/mol. The SMILES string of the molecule is CC(=O)OC[C@H]1O[C@H](Br)[C@H](OC(=O)[C@@]23CC[C@@](C)(C(=O)O2)C3(C)C)[C@@H](OC(C)=O)[C@@H]1OC(C)=O. The zero-order valence-electron chi connectivity index (χ0n) is 19.9. The van der Waals surface area contributed by atoms with E-state index in [2.05, 4.69) is 15.9 Å². The van der Waals surface area contributed by atoms with E-state index in [0.29, 0.717) is 6.42 Å². The van der Waals surface area contributed by atoms with Crippen molar-refractivity contribution >= 4 is 45.8 Å². The van der Waals surface area contributed by atoms with Crippen LogP contribution in [0.25, 0.3) is 0 Å². The van der Waals surface area contributed by atoms with E-state index >= 15 is 0 Å². The number of ether oxygens (including phenoxy) is 6. The molecule has 0 spiro atoms. The van der Waals surface area contributed by atoms with Crippen LogP contribution in [0.3, 0.4) is 0 Å². The number of carbonyl (C=O) groups is 5. The maximum Gasteiger partial charge on any atom is 0.351 e. The van der Waals surface area contributed by atoms with Gasteiger partial charge in [-0.15, -0.1) is 0 Å². The average molecular weight is 549 g/mol. The molecule has 0 amide bonds. The Labute approximate surface area is 205 Å². The Hall–Kier alpha value is -2.21. The number of hydrogen-bond donors (Lipinski definition) is 0. The Morgan fingerprint density at radius 2 is 1.50 bits per heavy atom. The van der Waals surface area contributed by atoms with Crippen molar-refractivity contribution in [2.75, 3.05) is 6.61 Å². The number of carbonyl (C=O) groups excluding carboxylic acids is 5. The fraction of sp³-hybridized carbons (Fsp3) is 0.773. The highest BCUT2D eigenvalue weighted by molar-refractivity contribution is 9.09. The van der Waals surface area contributed by atoms with Crippen LogP contribution in [0.5, 0.6) is 0 Å². The van der Waals surface area contributed by atoms with Gasteiger partial charge in [-0.3, -0.25) is 19.2 Å². The third-order valence-electron chi connectivity index (χ3n) is 7.29. The lowest BCUT2D eigenvalue weighted by atomic mass is 9.66. The summed E-state index contributed by atoms with van der Waals surface area (Å²) >= 11 is 3.28. The topological polar surface area (TPSA) is 141 Å².